The van der Waals surface area contributed by atoms with Gasteiger partial charge in [-0.1, -0.05) is 75.8 Å². The van der Waals surface area contributed by atoms with Crippen molar-refractivity contribution in [3.05, 3.63) is 70.5 Å². The van der Waals surface area contributed by atoms with E-state index in [0.29, 0.717) is 24.0 Å². The lowest BCUT2D eigenvalue weighted by Gasteiger charge is -2.27. The van der Waals surface area contributed by atoms with Gasteiger partial charge in [0.15, 0.2) is 0 Å². The van der Waals surface area contributed by atoms with Crippen LogP contribution in [0.15, 0.2) is 53.6 Å². The van der Waals surface area contributed by atoms with Crippen LogP contribution < -0.4 is 5.69 Å². The third kappa shape index (κ3) is 5.26. The molecule has 0 saturated heterocycles. The summed E-state index contributed by atoms with van der Waals surface area (Å²) in [4.78, 5) is 20.2. The summed E-state index contributed by atoms with van der Waals surface area (Å²) >= 11 is 0. The van der Waals surface area contributed by atoms with E-state index in [9.17, 15) is 4.79 Å². The lowest BCUT2D eigenvalue weighted by atomic mass is 9.80. The quantitative estimate of drug-likeness (QED) is 0.344. The molecule has 1 fully saturated rings. The van der Waals surface area contributed by atoms with E-state index in [1.807, 2.05) is 22.9 Å². The number of benzene rings is 1. The van der Waals surface area contributed by atoms with Crippen LogP contribution in [0.4, 0.5) is 0 Å². The number of H-pyrrole nitrogens is 2. The van der Waals surface area contributed by atoms with E-state index >= 15 is 0 Å². The van der Waals surface area contributed by atoms with E-state index in [2.05, 4.69) is 61.8 Å². The molecule has 0 radical (unpaired) electrons. The van der Waals surface area contributed by atoms with Crippen molar-refractivity contribution in [2.24, 2.45) is 5.92 Å². The first-order valence-electron chi connectivity index (χ1n) is 12.8. The highest BCUT2D eigenvalue weighted by atomic mass is 16.1. The van der Waals surface area contributed by atoms with Crippen molar-refractivity contribution >= 4 is 0 Å². The summed E-state index contributed by atoms with van der Waals surface area (Å²) in [6, 6.07) is 12.2. The minimum absolute atomic E-state index is 0.0273. The normalized spacial score (nSPS) is 15.3. The van der Waals surface area contributed by atoms with Crippen molar-refractivity contribution < 1.29 is 0 Å². The Balaban J connectivity index is 1.37. The number of imidazole rings is 1. The maximum atomic E-state index is 12.8. The Bertz CT molecular complexity index is 1270. The van der Waals surface area contributed by atoms with Crippen molar-refractivity contribution in [3.8, 4) is 22.6 Å². The van der Waals surface area contributed by atoms with Gasteiger partial charge in [0.25, 0.3) is 0 Å². The van der Waals surface area contributed by atoms with Gasteiger partial charge in [-0.25, -0.2) is 4.79 Å². The number of rotatable bonds is 9. The lowest BCUT2D eigenvalue weighted by molar-refractivity contribution is 0.307. The number of nitrogens with zero attached hydrogens (tertiary/aromatic N) is 5. The van der Waals surface area contributed by atoms with Gasteiger partial charge in [0.2, 0.25) is 5.82 Å². The Morgan fingerprint density at radius 3 is 2.69 bits per heavy atom. The first-order valence-corrected chi connectivity index (χ1v) is 12.8. The molecule has 0 amide bonds. The SMILES string of the molecule is CCCC(CC1CCCCC1)c1c[nH]c(=O)n1Cc1ccc(-c2cccnc2-c2nn[nH]n2)cc1. The van der Waals surface area contributed by atoms with Gasteiger partial charge in [-0.3, -0.25) is 9.55 Å². The number of hydrogen-bond acceptors (Lipinski definition) is 5. The second kappa shape index (κ2) is 10.8. The van der Waals surface area contributed by atoms with Crippen LogP contribution in [0.25, 0.3) is 22.6 Å². The maximum Gasteiger partial charge on any atom is 0.326 e. The average molecular weight is 472 g/mol. The molecule has 0 aliphatic heterocycles. The predicted octanol–water partition coefficient (Wildman–Crippen LogP) is 5.32. The van der Waals surface area contributed by atoms with E-state index in [0.717, 1.165) is 41.1 Å². The number of pyridine rings is 1. The van der Waals surface area contributed by atoms with Crippen LogP contribution in [-0.4, -0.2) is 35.2 Å². The Labute approximate surface area is 205 Å². The van der Waals surface area contributed by atoms with Gasteiger partial charge < -0.3 is 4.98 Å². The zero-order valence-electron chi connectivity index (χ0n) is 20.3. The molecule has 3 aromatic heterocycles. The molecular formula is C27H33N7O. The lowest BCUT2D eigenvalue weighted by Crippen LogP contribution is -2.22. The molecule has 2 N–H and O–H groups in total. The van der Waals surface area contributed by atoms with Gasteiger partial charge in [0, 0.05) is 29.6 Å². The summed E-state index contributed by atoms with van der Waals surface area (Å²) in [6.07, 6.45) is 13.8. The second-order valence-electron chi connectivity index (χ2n) is 9.66. The molecule has 182 valence electrons. The first-order chi connectivity index (χ1) is 17.2. The van der Waals surface area contributed by atoms with E-state index < -0.39 is 0 Å². The topological polar surface area (TPSA) is 105 Å². The molecule has 1 aromatic carbocycles. The molecule has 1 aliphatic carbocycles. The number of aromatic amines is 2. The highest BCUT2D eigenvalue weighted by Gasteiger charge is 2.23. The van der Waals surface area contributed by atoms with Crippen molar-refractivity contribution in [2.45, 2.75) is 70.8 Å². The minimum Gasteiger partial charge on any atom is -0.312 e. The Morgan fingerprint density at radius 1 is 1.11 bits per heavy atom. The van der Waals surface area contributed by atoms with Crippen LogP contribution in [0, 0.1) is 5.92 Å². The smallest absolute Gasteiger partial charge is 0.312 e. The Hall–Kier alpha value is -3.55. The molecule has 0 bridgehead atoms. The Kier molecular flexibility index (Phi) is 7.16. The fourth-order valence-electron chi connectivity index (χ4n) is 5.52. The molecule has 8 nitrogen and oxygen atoms in total. The summed E-state index contributed by atoms with van der Waals surface area (Å²) in [7, 11) is 0. The highest BCUT2D eigenvalue weighted by Crippen LogP contribution is 2.35. The molecule has 35 heavy (non-hydrogen) atoms. The fraction of sp³-hybridized carbons (Fsp3) is 0.444. The molecule has 1 atom stereocenters. The van der Waals surface area contributed by atoms with Gasteiger partial charge >= 0.3 is 5.69 Å². The number of nitrogens with one attached hydrogen (secondary N) is 2. The van der Waals surface area contributed by atoms with Crippen molar-refractivity contribution in [2.75, 3.05) is 0 Å². The van der Waals surface area contributed by atoms with Crippen molar-refractivity contribution in [1.82, 2.24) is 35.2 Å². The van der Waals surface area contributed by atoms with E-state index in [4.69, 9.17) is 0 Å². The van der Waals surface area contributed by atoms with Crippen LogP contribution in [0.1, 0.15) is 75.5 Å². The second-order valence-corrected chi connectivity index (χ2v) is 9.66. The summed E-state index contributed by atoms with van der Waals surface area (Å²) < 4.78 is 1.94. The minimum atomic E-state index is -0.0273. The zero-order valence-corrected chi connectivity index (χ0v) is 20.3. The molecule has 8 heteroatoms. The predicted molar refractivity (Wildman–Crippen MR) is 136 cm³/mol. The Morgan fingerprint density at radius 2 is 1.94 bits per heavy atom. The summed E-state index contributed by atoms with van der Waals surface area (Å²) in [6.45, 7) is 2.80. The van der Waals surface area contributed by atoms with Crippen LogP contribution in [0.3, 0.4) is 0 Å². The van der Waals surface area contributed by atoms with E-state index in [1.54, 1.807) is 6.20 Å². The fourth-order valence-corrected chi connectivity index (χ4v) is 5.52. The van der Waals surface area contributed by atoms with E-state index in [-0.39, 0.29) is 5.69 Å². The molecule has 1 unspecified atom stereocenters. The molecule has 0 spiro atoms. The molecule has 1 saturated carbocycles. The molecule has 1 aliphatic rings. The number of tetrazole rings is 1. The van der Waals surface area contributed by atoms with E-state index in [1.165, 1.54) is 38.5 Å². The number of hydrogen-bond donors (Lipinski definition) is 2. The van der Waals surface area contributed by atoms with Gasteiger partial charge in [0.1, 0.15) is 5.69 Å². The van der Waals surface area contributed by atoms with Gasteiger partial charge in [-0.15, -0.1) is 10.2 Å². The van der Waals surface area contributed by atoms with Crippen LogP contribution in [0.5, 0.6) is 0 Å². The molecule has 4 aromatic rings. The monoisotopic (exact) mass is 471 g/mol. The molecule has 3 heterocycles. The van der Waals surface area contributed by atoms with Crippen molar-refractivity contribution in [3.63, 3.8) is 0 Å². The third-order valence-corrected chi connectivity index (χ3v) is 7.27. The molecular weight excluding hydrogens is 438 g/mol. The zero-order chi connectivity index (χ0) is 24.0. The van der Waals surface area contributed by atoms with Crippen LogP contribution in [0.2, 0.25) is 0 Å². The highest BCUT2D eigenvalue weighted by molar-refractivity contribution is 5.77. The van der Waals surface area contributed by atoms with Crippen LogP contribution >= 0.6 is 0 Å². The standard InChI is InChI=1S/C27H33N7O/c1-2-7-22(16-19-8-4-3-5-9-19)24-17-29-27(35)34(24)18-20-11-13-21(14-12-20)23-10-6-15-28-25(23)26-30-32-33-31-26/h6,10-15,17,19,22H,2-5,7-9,16,18H2,1H3,(H,29,35)(H,30,31,32,33). The third-order valence-electron chi connectivity index (χ3n) is 7.27. The van der Waals surface area contributed by atoms with Crippen molar-refractivity contribution in [1.29, 1.82) is 0 Å². The summed E-state index contributed by atoms with van der Waals surface area (Å²) in [5.41, 5.74) is 4.86. The first kappa shape index (κ1) is 23.2. The number of aromatic nitrogens is 7. The van der Waals surface area contributed by atoms with Gasteiger partial charge in [-0.05, 0) is 41.2 Å². The largest absolute Gasteiger partial charge is 0.326 e. The molecule has 5 rings (SSSR count). The van der Waals surface area contributed by atoms with Gasteiger partial charge in [-0.2, -0.15) is 5.21 Å². The van der Waals surface area contributed by atoms with Crippen LogP contribution in [-0.2, 0) is 6.54 Å². The average Bonchev–Trinajstić information content (AvgIpc) is 3.56. The summed E-state index contributed by atoms with van der Waals surface area (Å²) in [5, 5.41) is 14.3. The maximum absolute atomic E-state index is 12.8. The van der Waals surface area contributed by atoms with Gasteiger partial charge in [0.05, 0.1) is 6.54 Å². The summed E-state index contributed by atoms with van der Waals surface area (Å²) in [5.74, 6) is 1.67.